The van der Waals surface area contributed by atoms with Gasteiger partial charge in [-0.2, -0.15) is 0 Å². The van der Waals surface area contributed by atoms with Crippen molar-refractivity contribution in [3.63, 3.8) is 0 Å². The Bertz CT molecular complexity index is 376. The summed E-state index contributed by atoms with van der Waals surface area (Å²) in [6.45, 7) is 4.87. The first kappa shape index (κ1) is 14.7. The molecule has 0 fully saturated rings. The largest absolute Gasteiger partial charge is 0.468 e. The second-order valence-electron chi connectivity index (χ2n) is 4.56. The van der Waals surface area contributed by atoms with Gasteiger partial charge in [-0.05, 0) is 24.9 Å². The molecule has 0 spiro atoms. The van der Waals surface area contributed by atoms with E-state index in [9.17, 15) is 4.79 Å². The van der Waals surface area contributed by atoms with Crippen molar-refractivity contribution < 1.29 is 9.53 Å². The van der Waals surface area contributed by atoms with Crippen LogP contribution in [0.2, 0.25) is 0 Å². The molecule has 1 rings (SSSR count). The Morgan fingerprint density at radius 1 is 1.39 bits per heavy atom. The molecule has 100 valence electrons. The molecule has 4 nitrogen and oxygen atoms in total. The normalized spacial score (nSPS) is 14.0. The first-order chi connectivity index (χ1) is 8.58. The molecule has 1 aromatic carbocycles. The summed E-state index contributed by atoms with van der Waals surface area (Å²) in [7, 11) is 1.39. The number of carbonyl (C=O) groups excluding carboxylic acids is 1. The van der Waals surface area contributed by atoms with Gasteiger partial charge in [-0.1, -0.05) is 36.8 Å². The summed E-state index contributed by atoms with van der Waals surface area (Å²) >= 11 is 0. The lowest BCUT2D eigenvalue weighted by atomic mass is 9.94. The lowest BCUT2D eigenvalue weighted by molar-refractivity contribution is -0.139. The number of aryl methyl sites for hydroxylation is 1. The van der Waals surface area contributed by atoms with Gasteiger partial charge in [0.1, 0.15) is 0 Å². The SMILES string of the molecule is COC(=O)CNC(c1ccc(C)cc1)C(C)CN. The van der Waals surface area contributed by atoms with Crippen LogP contribution in [0, 0.1) is 12.8 Å². The second-order valence-corrected chi connectivity index (χ2v) is 4.56. The van der Waals surface area contributed by atoms with E-state index in [0.717, 1.165) is 5.56 Å². The van der Waals surface area contributed by atoms with Crippen molar-refractivity contribution in [1.82, 2.24) is 5.32 Å². The number of carbonyl (C=O) groups is 1. The minimum absolute atomic E-state index is 0.0645. The van der Waals surface area contributed by atoms with Crippen molar-refractivity contribution in [3.8, 4) is 0 Å². The first-order valence-corrected chi connectivity index (χ1v) is 6.15. The zero-order valence-electron chi connectivity index (χ0n) is 11.3. The van der Waals surface area contributed by atoms with E-state index in [1.165, 1.54) is 12.7 Å². The summed E-state index contributed by atoms with van der Waals surface area (Å²) in [5.74, 6) is -0.0197. The van der Waals surface area contributed by atoms with Gasteiger partial charge in [0.2, 0.25) is 0 Å². The fourth-order valence-corrected chi connectivity index (χ4v) is 1.82. The molecular weight excluding hydrogens is 228 g/mol. The van der Waals surface area contributed by atoms with E-state index in [1.54, 1.807) is 0 Å². The Kier molecular flexibility index (Phi) is 5.82. The van der Waals surface area contributed by atoms with Crippen LogP contribution in [0.1, 0.15) is 24.1 Å². The molecule has 18 heavy (non-hydrogen) atoms. The minimum atomic E-state index is -0.267. The van der Waals surface area contributed by atoms with Gasteiger partial charge in [-0.3, -0.25) is 10.1 Å². The van der Waals surface area contributed by atoms with E-state index < -0.39 is 0 Å². The topological polar surface area (TPSA) is 64.3 Å². The van der Waals surface area contributed by atoms with Gasteiger partial charge in [0, 0.05) is 6.04 Å². The van der Waals surface area contributed by atoms with Crippen LogP contribution in [0.4, 0.5) is 0 Å². The van der Waals surface area contributed by atoms with Crippen LogP contribution in [-0.4, -0.2) is 26.2 Å². The van der Waals surface area contributed by atoms with E-state index in [4.69, 9.17) is 5.73 Å². The third kappa shape index (κ3) is 4.13. The summed E-state index contributed by atoms with van der Waals surface area (Å²) in [5, 5.41) is 3.20. The van der Waals surface area contributed by atoms with Gasteiger partial charge >= 0.3 is 5.97 Å². The Morgan fingerprint density at radius 2 is 2.00 bits per heavy atom. The molecule has 0 heterocycles. The molecule has 0 amide bonds. The molecular formula is C14H22N2O2. The number of ether oxygens (including phenoxy) is 1. The van der Waals surface area contributed by atoms with E-state index in [1.807, 2.05) is 6.92 Å². The molecule has 0 aliphatic carbocycles. The Labute approximate surface area is 109 Å². The van der Waals surface area contributed by atoms with E-state index in [2.05, 4.69) is 41.2 Å². The Hall–Kier alpha value is -1.39. The number of rotatable bonds is 6. The van der Waals surface area contributed by atoms with E-state index >= 15 is 0 Å². The van der Waals surface area contributed by atoms with Crippen LogP contribution in [-0.2, 0) is 9.53 Å². The summed E-state index contributed by atoms with van der Waals surface area (Å²) in [5.41, 5.74) is 8.08. The maximum atomic E-state index is 11.2. The van der Waals surface area contributed by atoms with Crippen LogP contribution in [0.5, 0.6) is 0 Å². The number of esters is 1. The summed E-state index contributed by atoms with van der Waals surface area (Å²) in [4.78, 5) is 11.2. The van der Waals surface area contributed by atoms with Gasteiger partial charge in [-0.15, -0.1) is 0 Å². The third-order valence-corrected chi connectivity index (χ3v) is 3.07. The summed E-state index contributed by atoms with van der Waals surface area (Å²) in [6, 6.07) is 8.32. The van der Waals surface area contributed by atoms with E-state index in [-0.39, 0.29) is 24.5 Å². The fraction of sp³-hybridized carbons (Fsp3) is 0.500. The van der Waals surface area contributed by atoms with Crippen molar-refractivity contribution in [2.24, 2.45) is 11.7 Å². The van der Waals surface area contributed by atoms with Crippen molar-refractivity contribution >= 4 is 5.97 Å². The molecule has 0 aliphatic rings. The second kappa shape index (κ2) is 7.13. The highest BCUT2D eigenvalue weighted by atomic mass is 16.5. The number of benzene rings is 1. The Morgan fingerprint density at radius 3 is 2.50 bits per heavy atom. The molecule has 0 bridgehead atoms. The highest BCUT2D eigenvalue weighted by Gasteiger charge is 2.18. The molecule has 2 unspecified atom stereocenters. The number of nitrogens with two attached hydrogens (primary N) is 1. The number of hydrogen-bond donors (Lipinski definition) is 2. The molecule has 0 aromatic heterocycles. The average molecular weight is 250 g/mol. The molecule has 0 radical (unpaired) electrons. The highest BCUT2D eigenvalue weighted by Crippen LogP contribution is 2.21. The molecule has 3 N–H and O–H groups in total. The molecule has 0 saturated heterocycles. The van der Waals surface area contributed by atoms with E-state index in [0.29, 0.717) is 6.54 Å². The average Bonchev–Trinajstić information content (AvgIpc) is 2.40. The summed E-state index contributed by atoms with van der Waals surface area (Å²) < 4.78 is 4.64. The molecule has 4 heteroatoms. The maximum Gasteiger partial charge on any atom is 0.319 e. The van der Waals surface area contributed by atoms with Crippen LogP contribution in [0.25, 0.3) is 0 Å². The molecule has 2 atom stereocenters. The van der Waals surface area contributed by atoms with Crippen molar-refractivity contribution in [3.05, 3.63) is 35.4 Å². The van der Waals surface area contributed by atoms with Crippen molar-refractivity contribution in [1.29, 1.82) is 0 Å². The number of nitrogens with one attached hydrogen (secondary N) is 1. The van der Waals surface area contributed by atoms with Gasteiger partial charge in [0.05, 0.1) is 13.7 Å². The number of methoxy groups -OCH3 is 1. The predicted octanol–water partition coefficient (Wildman–Crippen LogP) is 1.39. The molecule has 0 aliphatic heterocycles. The van der Waals surface area contributed by atoms with Gasteiger partial charge in [0.15, 0.2) is 0 Å². The van der Waals surface area contributed by atoms with Gasteiger partial charge in [-0.25, -0.2) is 0 Å². The minimum Gasteiger partial charge on any atom is -0.468 e. The van der Waals surface area contributed by atoms with Crippen LogP contribution < -0.4 is 11.1 Å². The quantitative estimate of drug-likeness (QED) is 0.749. The smallest absolute Gasteiger partial charge is 0.319 e. The van der Waals surface area contributed by atoms with Crippen LogP contribution in [0.3, 0.4) is 0 Å². The van der Waals surface area contributed by atoms with Gasteiger partial charge < -0.3 is 10.5 Å². The summed E-state index contributed by atoms with van der Waals surface area (Å²) in [6.07, 6.45) is 0. The predicted molar refractivity (Wildman–Crippen MR) is 72.2 cm³/mol. The van der Waals surface area contributed by atoms with Crippen LogP contribution >= 0.6 is 0 Å². The monoisotopic (exact) mass is 250 g/mol. The van der Waals surface area contributed by atoms with Crippen LogP contribution in [0.15, 0.2) is 24.3 Å². The van der Waals surface area contributed by atoms with Crippen molar-refractivity contribution in [2.75, 3.05) is 20.2 Å². The molecule has 1 aromatic rings. The highest BCUT2D eigenvalue weighted by molar-refractivity contribution is 5.71. The maximum absolute atomic E-state index is 11.2. The molecule has 0 saturated carbocycles. The lowest BCUT2D eigenvalue weighted by Gasteiger charge is -2.24. The standard InChI is InChI=1S/C14H22N2O2/c1-10-4-6-12(7-5-10)14(11(2)8-15)16-9-13(17)18-3/h4-7,11,14,16H,8-9,15H2,1-3H3. The number of hydrogen-bond acceptors (Lipinski definition) is 4. The zero-order chi connectivity index (χ0) is 13.5. The van der Waals surface area contributed by atoms with Crippen molar-refractivity contribution in [2.45, 2.75) is 19.9 Å². The third-order valence-electron chi connectivity index (χ3n) is 3.07. The lowest BCUT2D eigenvalue weighted by Crippen LogP contribution is -2.34. The first-order valence-electron chi connectivity index (χ1n) is 6.15. The zero-order valence-corrected chi connectivity index (χ0v) is 11.3. The Balaban J connectivity index is 2.77. The van der Waals surface area contributed by atoms with Gasteiger partial charge in [0.25, 0.3) is 0 Å². The fourth-order valence-electron chi connectivity index (χ4n) is 1.82.